The van der Waals surface area contributed by atoms with Gasteiger partial charge in [0.2, 0.25) is 0 Å². The summed E-state index contributed by atoms with van der Waals surface area (Å²) in [5, 5.41) is 0. The minimum absolute atomic E-state index is 0.0485. The van der Waals surface area contributed by atoms with Gasteiger partial charge in [-0.2, -0.15) is 0 Å². The third kappa shape index (κ3) is 34.4. The summed E-state index contributed by atoms with van der Waals surface area (Å²) in [5.74, 6) is -0.895. The van der Waals surface area contributed by atoms with E-state index in [1.165, 1.54) is 89.9 Å². The van der Waals surface area contributed by atoms with E-state index in [9.17, 15) is 19.0 Å². The molecule has 9 nitrogen and oxygen atoms in total. The molecule has 0 aromatic carbocycles. The Hall–Kier alpha value is -1.51. The summed E-state index contributed by atoms with van der Waals surface area (Å²) in [6.07, 6.45) is 35.1. The van der Waals surface area contributed by atoms with Crippen molar-refractivity contribution in [1.82, 2.24) is 0 Å². The lowest BCUT2D eigenvalue weighted by Crippen LogP contribution is -2.29. The molecule has 0 aromatic heterocycles. The van der Waals surface area contributed by atoms with Crippen molar-refractivity contribution in [3.8, 4) is 0 Å². The molecule has 282 valence electrons. The first-order chi connectivity index (χ1) is 23.3. The number of ether oxygens (including phenoxy) is 2. The van der Waals surface area contributed by atoms with Crippen LogP contribution in [0.1, 0.15) is 174 Å². The number of phosphoric acid groups is 1. The second-order valence-electron chi connectivity index (χ2n) is 12.8. The lowest BCUT2D eigenvalue weighted by atomic mass is 10.1. The number of allylic oxidation sites excluding steroid dienone is 4. The summed E-state index contributed by atoms with van der Waals surface area (Å²) < 4.78 is 32.6. The first kappa shape index (κ1) is 46.5. The molecule has 2 atom stereocenters. The van der Waals surface area contributed by atoms with E-state index < -0.39 is 32.5 Å². The van der Waals surface area contributed by atoms with Crippen molar-refractivity contribution < 1.29 is 37.6 Å². The van der Waals surface area contributed by atoms with Gasteiger partial charge in [0.15, 0.2) is 6.10 Å². The van der Waals surface area contributed by atoms with Gasteiger partial charge < -0.3 is 20.1 Å². The molecule has 3 N–H and O–H groups in total. The second kappa shape index (κ2) is 35.3. The Bertz CT molecular complexity index is 851. The number of carbonyl (C=O) groups is 2. The lowest BCUT2D eigenvalue weighted by molar-refractivity contribution is -0.161. The molecule has 0 saturated heterocycles. The van der Waals surface area contributed by atoms with E-state index in [0.717, 1.165) is 51.4 Å². The summed E-state index contributed by atoms with van der Waals surface area (Å²) in [5.41, 5.74) is 5.33. The van der Waals surface area contributed by atoms with Crippen LogP contribution in [0.3, 0.4) is 0 Å². The average Bonchev–Trinajstić information content (AvgIpc) is 3.07. The van der Waals surface area contributed by atoms with Crippen molar-refractivity contribution in [2.24, 2.45) is 5.73 Å². The molecule has 0 radical (unpaired) electrons. The molecule has 0 amide bonds. The number of hydrogen-bond donors (Lipinski definition) is 2. The zero-order valence-corrected chi connectivity index (χ0v) is 31.6. The van der Waals surface area contributed by atoms with Gasteiger partial charge in [0.25, 0.3) is 0 Å². The van der Waals surface area contributed by atoms with E-state index in [1.54, 1.807) is 0 Å². The molecular formula is C38H72NO8P. The van der Waals surface area contributed by atoms with Gasteiger partial charge in [-0.3, -0.25) is 18.6 Å². The fourth-order valence-corrected chi connectivity index (χ4v) is 5.94. The van der Waals surface area contributed by atoms with Gasteiger partial charge in [-0.05, 0) is 51.4 Å². The van der Waals surface area contributed by atoms with Gasteiger partial charge in [-0.1, -0.05) is 134 Å². The molecule has 0 aliphatic heterocycles. The molecular weight excluding hydrogens is 629 g/mol. The zero-order chi connectivity index (χ0) is 35.4. The Balaban J connectivity index is 4.27. The van der Waals surface area contributed by atoms with Gasteiger partial charge in [0, 0.05) is 19.4 Å². The van der Waals surface area contributed by atoms with Crippen molar-refractivity contribution in [1.29, 1.82) is 0 Å². The molecule has 0 aliphatic carbocycles. The summed E-state index contributed by atoms with van der Waals surface area (Å²) in [6, 6.07) is 0. The summed E-state index contributed by atoms with van der Waals surface area (Å²) in [4.78, 5) is 34.6. The normalized spacial score (nSPS) is 13.7. The van der Waals surface area contributed by atoms with E-state index in [0.29, 0.717) is 6.42 Å². The average molecular weight is 702 g/mol. The molecule has 10 heteroatoms. The molecule has 0 bridgehead atoms. The number of esters is 2. The first-order valence-electron chi connectivity index (χ1n) is 19.3. The van der Waals surface area contributed by atoms with Gasteiger partial charge in [-0.15, -0.1) is 0 Å². The molecule has 0 aromatic rings. The van der Waals surface area contributed by atoms with Crippen molar-refractivity contribution >= 4 is 19.8 Å². The van der Waals surface area contributed by atoms with E-state index in [2.05, 4.69) is 32.1 Å². The Labute approximate surface area is 293 Å². The van der Waals surface area contributed by atoms with E-state index in [-0.39, 0.29) is 32.6 Å². The van der Waals surface area contributed by atoms with Crippen LogP contribution in [0.15, 0.2) is 24.3 Å². The van der Waals surface area contributed by atoms with Crippen molar-refractivity contribution in [3.63, 3.8) is 0 Å². The number of phosphoric ester groups is 1. The van der Waals surface area contributed by atoms with Crippen LogP contribution in [0.5, 0.6) is 0 Å². The highest BCUT2D eigenvalue weighted by Crippen LogP contribution is 2.43. The molecule has 0 rings (SSSR count). The minimum atomic E-state index is -4.38. The maximum atomic E-state index is 12.5. The third-order valence-corrected chi connectivity index (χ3v) is 9.06. The third-order valence-electron chi connectivity index (χ3n) is 8.07. The van der Waals surface area contributed by atoms with E-state index in [4.69, 9.17) is 24.3 Å². The van der Waals surface area contributed by atoms with Crippen molar-refractivity contribution in [2.45, 2.75) is 180 Å². The smallest absolute Gasteiger partial charge is 0.462 e. The van der Waals surface area contributed by atoms with Crippen molar-refractivity contribution in [3.05, 3.63) is 24.3 Å². The highest BCUT2D eigenvalue weighted by molar-refractivity contribution is 7.47. The topological polar surface area (TPSA) is 134 Å². The van der Waals surface area contributed by atoms with Crippen molar-refractivity contribution in [2.75, 3.05) is 26.4 Å². The summed E-state index contributed by atoms with van der Waals surface area (Å²) in [7, 11) is -4.38. The highest BCUT2D eigenvalue weighted by Gasteiger charge is 2.25. The van der Waals surface area contributed by atoms with Gasteiger partial charge in [-0.25, -0.2) is 4.57 Å². The second-order valence-corrected chi connectivity index (χ2v) is 14.2. The molecule has 1 unspecified atom stereocenters. The zero-order valence-electron chi connectivity index (χ0n) is 30.7. The van der Waals surface area contributed by atoms with Crippen LogP contribution >= 0.6 is 7.82 Å². The van der Waals surface area contributed by atoms with Crippen LogP contribution in [0, 0.1) is 0 Å². The largest absolute Gasteiger partial charge is 0.472 e. The summed E-state index contributed by atoms with van der Waals surface area (Å²) >= 11 is 0. The van der Waals surface area contributed by atoms with Gasteiger partial charge >= 0.3 is 19.8 Å². The van der Waals surface area contributed by atoms with Crippen LogP contribution in [-0.4, -0.2) is 49.3 Å². The van der Waals surface area contributed by atoms with E-state index >= 15 is 0 Å². The standard InChI is InChI=1S/C38H72NO8P/c1-3-5-7-9-11-13-15-17-18-19-21-23-25-27-29-31-38(41)47-36(35-46-48(42,43)45-33-32-39)34-44-37(40)30-28-26-24-22-20-16-14-12-10-8-6-4-2/h12,14,25,27,36H,3-11,13,15-24,26,28-35,39H2,1-2H3,(H,42,43)/b14-12+,27-25+/t36-/m1/s1. The van der Waals surface area contributed by atoms with Crippen LogP contribution in [0.2, 0.25) is 0 Å². The maximum absolute atomic E-state index is 12.5. The van der Waals surface area contributed by atoms with Gasteiger partial charge in [0.05, 0.1) is 13.2 Å². The number of hydrogen-bond acceptors (Lipinski definition) is 8. The minimum Gasteiger partial charge on any atom is -0.462 e. The molecule has 0 fully saturated rings. The Morgan fingerprint density at radius 1 is 0.604 bits per heavy atom. The number of carbonyl (C=O) groups excluding carboxylic acids is 2. The Morgan fingerprint density at radius 3 is 1.60 bits per heavy atom. The molecule has 0 saturated carbocycles. The number of rotatable bonds is 36. The maximum Gasteiger partial charge on any atom is 0.472 e. The monoisotopic (exact) mass is 701 g/mol. The summed E-state index contributed by atoms with van der Waals surface area (Å²) in [6.45, 7) is 3.65. The van der Waals surface area contributed by atoms with Crippen LogP contribution in [0.25, 0.3) is 0 Å². The van der Waals surface area contributed by atoms with Gasteiger partial charge in [0.1, 0.15) is 6.61 Å². The van der Waals surface area contributed by atoms with E-state index in [1.807, 2.05) is 6.08 Å². The Morgan fingerprint density at radius 2 is 1.06 bits per heavy atom. The quantitative estimate of drug-likeness (QED) is 0.0283. The van der Waals surface area contributed by atoms with Crippen LogP contribution < -0.4 is 5.73 Å². The first-order valence-corrected chi connectivity index (χ1v) is 20.8. The fourth-order valence-electron chi connectivity index (χ4n) is 5.17. The number of unbranched alkanes of at least 4 members (excludes halogenated alkanes) is 19. The fraction of sp³-hybridized carbons (Fsp3) is 0.842. The lowest BCUT2D eigenvalue weighted by Gasteiger charge is -2.19. The molecule has 0 spiro atoms. The predicted octanol–water partition coefficient (Wildman–Crippen LogP) is 10.4. The number of nitrogens with two attached hydrogens (primary N) is 1. The molecule has 48 heavy (non-hydrogen) atoms. The Kier molecular flexibility index (Phi) is 34.2. The highest BCUT2D eigenvalue weighted by atomic mass is 31.2. The van der Waals surface area contributed by atoms with Crippen LogP contribution in [-0.2, 0) is 32.7 Å². The molecule has 0 heterocycles. The SMILES string of the molecule is CCCCC/C=C/CCCCCCCC(=O)OC[C@H](COP(=O)(O)OCCN)OC(=O)CC/C=C/CCCCCCCCCCCCC. The molecule has 0 aliphatic rings. The van der Waals surface area contributed by atoms with Crippen LogP contribution in [0.4, 0.5) is 0 Å². The predicted molar refractivity (Wildman–Crippen MR) is 197 cm³/mol.